The van der Waals surface area contributed by atoms with E-state index in [0.29, 0.717) is 11.6 Å². The normalized spacial score (nSPS) is 11.7. The van der Waals surface area contributed by atoms with Gasteiger partial charge in [-0.25, -0.2) is 4.98 Å². The maximum absolute atomic E-state index is 5.84. The number of hydrogen-bond acceptors (Lipinski definition) is 5. The highest BCUT2D eigenvalue weighted by atomic mass is 32.2. The summed E-state index contributed by atoms with van der Waals surface area (Å²) in [7, 11) is 0. The third-order valence-electron chi connectivity index (χ3n) is 3.76. The summed E-state index contributed by atoms with van der Waals surface area (Å²) in [5.41, 5.74) is 8.78. The van der Waals surface area contributed by atoms with Crippen molar-refractivity contribution >= 4 is 46.7 Å². The number of nitrogens with two attached hydrogens (primary N) is 1. The van der Waals surface area contributed by atoms with Crippen LogP contribution in [-0.2, 0) is 0 Å². The summed E-state index contributed by atoms with van der Waals surface area (Å²) in [5, 5.41) is 0. The Bertz CT molecular complexity index is 1050. The molecule has 0 saturated carbocycles. The first-order valence-electron chi connectivity index (χ1n) is 7.47. The summed E-state index contributed by atoms with van der Waals surface area (Å²) in [6, 6.07) is 16.2. The summed E-state index contributed by atoms with van der Waals surface area (Å²) >= 11 is 1.72. The molecule has 0 bridgehead atoms. The molecule has 4 rings (SSSR count). The van der Waals surface area contributed by atoms with E-state index in [-0.39, 0.29) is 5.95 Å². The van der Waals surface area contributed by atoms with Crippen molar-refractivity contribution in [3.63, 3.8) is 0 Å². The zero-order chi connectivity index (χ0) is 16.5. The Labute approximate surface area is 143 Å². The van der Waals surface area contributed by atoms with E-state index < -0.39 is 0 Å². The van der Waals surface area contributed by atoms with Gasteiger partial charge in [-0.05, 0) is 42.2 Å². The van der Waals surface area contributed by atoms with Gasteiger partial charge in [-0.1, -0.05) is 30.3 Å². The van der Waals surface area contributed by atoms with E-state index in [1.54, 1.807) is 11.8 Å². The molecule has 0 unspecified atom stereocenters. The lowest BCUT2D eigenvalue weighted by atomic mass is 10.2. The lowest BCUT2D eigenvalue weighted by molar-refractivity contribution is 1.02. The average molecular weight is 333 g/mol. The molecule has 0 aliphatic rings. The predicted octanol–water partition coefficient (Wildman–Crippen LogP) is 3.75. The number of rotatable bonds is 3. The second-order valence-corrected chi connectivity index (χ2v) is 6.16. The summed E-state index contributed by atoms with van der Waals surface area (Å²) in [6.45, 7) is 0. The smallest absolute Gasteiger partial charge is 0.239 e. The monoisotopic (exact) mass is 333 g/mol. The van der Waals surface area contributed by atoms with E-state index in [0.717, 1.165) is 16.6 Å². The topological polar surface area (TPSA) is 69.1 Å². The van der Waals surface area contributed by atoms with Crippen LogP contribution in [0.5, 0.6) is 0 Å². The zero-order valence-electron chi connectivity index (χ0n) is 13.0. The van der Waals surface area contributed by atoms with Crippen LogP contribution < -0.4 is 5.73 Å². The van der Waals surface area contributed by atoms with Gasteiger partial charge in [0.1, 0.15) is 5.82 Å². The first kappa shape index (κ1) is 14.7. The van der Waals surface area contributed by atoms with Crippen molar-refractivity contribution in [1.82, 2.24) is 19.4 Å². The van der Waals surface area contributed by atoms with Crippen molar-refractivity contribution < 1.29 is 0 Å². The van der Waals surface area contributed by atoms with Crippen molar-refractivity contribution in [2.75, 3.05) is 12.0 Å². The van der Waals surface area contributed by atoms with Gasteiger partial charge < -0.3 is 5.73 Å². The summed E-state index contributed by atoms with van der Waals surface area (Å²) in [5.74, 6) is 1.48. The van der Waals surface area contributed by atoms with Crippen molar-refractivity contribution in [3.8, 4) is 0 Å². The molecule has 4 aromatic rings. The fourth-order valence-corrected chi connectivity index (χ4v) is 3.01. The fourth-order valence-electron chi connectivity index (χ4n) is 2.61. The molecule has 0 saturated heterocycles. The van der Waals surface area contributed by atoms with Crippen molar-refractivity contribution in [2.24, 2.45) is 0 Å². The van der Waals surface area contributed by atoms with Crippen LogP contribution in [0.25, 0.3) is 29.0 Å². The van der Waals surface area contributed by atoms with Gasteiger partial charge in [-0.3, -0.25) is 4.40 Å². The van der Waals surface area contributed by atoms with Gasteiger partial charge in [0.15, 0.2) is 0 Å². The molecule has 0 atom stereocenters. The number of aromatic nitrogens is 4. The van der Waals surface area contributed by atoms with Gasteiger partial charge in [-0.15, -0.1) is 11.8 Å². The molecule has 2 heterocycles. The molecule has 0 spiro atoms. The van der Waals surface area contributed by atoms with E-state index in [9.17, 15) is 0 Å². The highest BCUT2D eigenvalue weighted by Crippen LogP contribution is 2.19. The Kier molecular flexibility index (Phi) is 3.66. The molecule has 0 aliphatic carbocycles. The van der Waals surface area contributed by atoms with Crippen LogP contribution in [-0.4, -0.2) is 25.6 Å². The molecule has 5 nitrogen and oxygen atoms in total. The number of thioether (sulfide) groups is 1. The van der Waals surface area contributed by atoms with Crippen LogP contribution in [0.15, 0.2) is 53.4 Å². The van der Waals surface area contributed by atoms with Crippen LogP contribution in [0.1, 0.15) is 11.4 Å². The molecule has 0 fully saturated rings. The summed E-state index contributed by atoms with van der Waals surface area (Å²) in [6.07, 6.45) is 6.02. The number of imidazole rings is 1. The third kappa shape index (κ3) is 2.61. The number of nitrogen functional groups attached to an aromatic ring is 1. The van der Waals surface area contributed by atoms with Gasteiger partial charge in [0.25, 0.3) is 0 Å². The van der Waals surface area contributed by atoms with Crippen LogP contribution in [0.4, 0.5) is 5.95 Å². The third-order valence-corrected chi connectivity index (χ3v) is 4.50. The Hall–Kier alpha value is -2.86. The van der Waals surface area contributed by atoms with E-state index in [1.165, 1.54) is 4.90 Å². The lowest BCUT2D eigenvalue weighted by Gasteiger charge is -2.02. The number of fused-ring (bicyclic) bond motifs is 3. The van der Waals surface area contributed by atoms with Gasteiger partial charge in [0.2, 0.25) is 11.7 Å². The molecular formula is C18H15N5S. The van der Waals surface area contributed by atoms with E-state index in [1.807, 2.05) is 40.8 Å². The van der Waals surface area contributed by atoms with Gasteiger partial charge in [-0.2, -0.15) is 9.97 Å². The second kappa shape index (κ2) is 5.98. The van der Waals surface area contributed by atoms with Crippen LogP contribution >= 0.6 is 11.8 Å². The second-order valence-electron chi connectivity index (χ2n) is 5.28. The van der Waals surface area contributed by atoms with Crippen molar-refractivity contribution in [1.29, 1.82) is 0 Å². The standard InChI is InChI=1S/C18H15N5S/c1-24-13-9-6-12(7-10-13)8-11-16-21-17(19)22-18-20-14-4-2-3-5-15(14)23(16)18/h2-11H,1H3,(H2,19,20,22)/b11-8+. The molecular weight excluding hydrogens is 318 g/mol. The van der Waals surface area contributed by atoms with Crippen LogP contribution in [0, 0.1) is 0 Å². The number of hydrogen-bond donors (Lipinski definition) is 1. The Morgan fingerprint density at radius 1 is 0.958 bits per heavy atom. The van der Waals surface area contributed by atoms with Gasteiger partial charge in [0.05, 0.1) is 11.0 Å². The first-order chi connectivity index (χ1) is 11.7. The maximum atomic E-state index is 5.84. The molecule has 0 aliphatic heterocycles. The highest BCUT2D eigenvalue weighted by Gasteiger charge is 2.09. The largest absolute Gasteiger partial charge is 0.368 e. The Balaban J connectivity index is 1.84. The Morgan fingerprint density at radius 3 is 2.54 bits per heavy atom. The first-order valence-corrected chi connectivity index (χ1v) is 8.70. The Morgan fingerprint density at radius 2 is 1.75 bits per heavy atom. The van der Waals surface area contributed by atoms with Gasteiger partial charge in [0, 0.05) is 4.90 Å². The van der Waals surface area contributed by atoms with E-state index in [2.05, 4.69) is 45.5 Å². The number of benzene rings is 2. The lowest BCUT2D eigenvalue weighted by Crippen LogP contribution is -2.03. The number of nitrogens with zero attached hydrogens (tertiary/aromatic N) is 4. The minimum Gasteiger partial charge on any atom is -0.368 e. The fraction of sp³-hybridized carbons (Fsp3) is 0.0556. The number of para-hydroxylation sites is 2. The van der Waals surface area contributed by atoms with Crippen LogP contribution in [0.2, 0.25) is 0 Å². The van der Waals surface area contributed by atoms with Crippen molar-refractivity contribution in [2.45, 2.75) is 4.90 Å². The highest BCUT2D eigenvalue weighted by molar-refractivity contribution is 7.98. The zero-order valence-corrected chi connectivity index (χ0v) is 13.9. The minimum atomic E-state index is 0.218. The maximum Gasteiger partial charge on any atom is 0.239 e. The van der Waals surface area contributed by atoms with E-state index >= 15 is 0 Å². The van der Waals surface area contributed by atoms with E-state index in [4.69, 9.17) is 5.73 Å². The SMILES string of the molecule is CSc1ccc(/C=C/c2nc(N)nc3nc4ccccc4n23)cc1. The van der Waals surface area contributed by atoms with Crippen molar-refractivity contribution in [3.05, 3.63) is 59.9 Å². The minimum absolute atomic E-state index is 0.218. The quantitative estimate of drug-likeness (QED) is 0.578. The molecule has 0 radical (unpaired) electrons. The molecule has 2 aromatic carbocycles. The van der Waals surface area contributed by atoms with Gasteiger partial charge >= 0.3 is 0 Å². The summed E-state index contributed by atoms with van der Waals surface area (Å²) in [4.78, 5) is 14.4. The molecule has 118 valence electrons. The average Bonchev–Trinajstić information content (AvgIpc) is 2.98. The predicted molar refractivity (Wildman–Crippen MR) is 99.9 cm³/mol. The summed E-state index contributed by atoms with van der Waals surface area (Å²) < 4.78 is 1.92. The molecule has 2 N–H and O–H groups in total. The van der Waals surface area contributed by atoms with Crippen LogP contribution in [0.3, 0.4) is 0 Å². The molecule has 2 aromatic heterocycles. The molecule has 0 amide bonds. The molecule has 24 heavy (non-hydrogen) atoms. The molecule has 6 heteroatoms. The number of anilines is 1.